The van der Waals surface area contributed by atoms with Crippen molar-refractivity contribution in [2.75, 3.05) is 19.6 Å². The van der Waals surface area contributed by atoms with Gasteiger partial charge < -0.3 is 9.42 Å². The van der Waals surface area contributed by atoms with Gasteiger partial charge in [-0.3, -0.25) is 9.69 Å². The number of hydrogen-bond donors (Lipinski definition) is 0. The Bertz CT molecular complexity index is 683. The minimum atomic E-state index is -0.0580. The van der Waals surface area contributed by atoms with Crippen molar-refractivity contribution < 1.29 is 9.32 Å². The fourth-order valence-electron chi connectivity index (χ4n) is 3.49. The highest BCUT2D eigenvalue weighted by molar-refractivity contribution is 5.91. The molecule has 0 unspecified atom stereocenters. The van der Waals surface area contributed by atoms with Gasteiger partial charge in [0.15, 0.2) is 0 Å². The molecule has 5 nitrogen and oxygen atoms in total. The Morgan fingerprint density at radius 1 is 1.42 bits per heavy atom. The van der Waals surface area contributed by atoms with Gasteiger partial charge in [0.2, 0.25) is 5.76 Å². The first kappa shape index (κ1) is 16.7. The first-order valence-electron chi connectivity index (χ1n) is 8.63. The van der Waals surface area contributed by atoms with E-state index in [1.54, 1.807) is 6.07 Å². The molecule has 2 heterocycles. The maximum atomic E-state index is 12.7. The van der Waals surface area contributed by atoms with Crippen molar-refractivity contribution in [3.05, 3.63) is 53.4 Å². The predicted molar refractivity (Wildman–Crippen MR) is 92.8 cm³/mol. The van der Waals surface area contributed by atoms with Crippen molar-refractivity contribution in [2.24, 2.45) is 0 Å². The van der Waals surface area contributed by atoms with E-state index in [0.717, 1.165) is 25.2 Å². The van der Waals surface area contributed by atoms with Gasteiger partial charge in [-0.2, -0.15) is 0 Å². The Labute approximate surface area is 143 Å². The predicted octanol–water partition coefficient (Wildman–Crippen LogP) is 3.28. The maximum absolute atomic E-state index is 12.7. The quantitative estimate of drug-likeness (QED) is 0.845. The minimum absolute atomic E-state index is 0.0580. The number of hydrogen-bond acceptors (Lipinski definition) is 4. The van der Waals surface area contributed by atoms with Crippen LogP contribution >= 0.6 is 0 Å². The number of likely N-dealkylation sites (N-methyl/N-ethyl adjacent to an activating group) is 1. The van der Waals surface area contributed by atoms with Gasteiger partial charge in [-0.25, -0.2) is 0 Å². The molecule has 2 atom stereocenters. The van der Waals surface area contributed by atoms with Crippen molar-refractivity contribution in [3.8, 4) is 0 Å². The van der Waals surface area contributed by atoms with Crippen molar-refractivity contribution in [2.45, 2.75) is 39.3 Å². The first-order chi connectivity index (χ1) is 11.6. The molecule has 1 amide bonds. The highest BCUT2D eigenvalue weighted by Gasteiger charge is 2.33. The van der Waals surface area contributed by atoms with E-state index in [4.69, 9.17) is 4.52 Å². The normalized spacial score (nSPS) is 19.4. The van der Waals surface area contributed by atoms with Gasteiger partial charge in [0.05, 0.1) is 5.69 Å². The minimum Gasteiger partial charge on any atom is -0.351 e. The molecule has 3 rings (SSSR count). The summed E-state index contributed by atoms with van der Waals surface area (Å²) in [5.41, 5.74) is 2.05. The van der Waals surface area contributed by atoms with E-state index in [1.165, 1.54) is 5.56 Å². The van der Waals surface area contributed by atoms with Crippen molar-refractivity contribution >= 4 is 5.91 Å². The van der Waals surface area contributed by atoms with E-state index < -0.39 is 0 Å². The van der Waals surface area contributed by atoms with Crippen molar-refractivity contribution in [1.82, 2.24) is 15.0 Å². The third-order valence-electron chi connectivity index (χ3n) is 4.91. The summed E-state index contributed by atoms with van der Waals surface area (Å²) in [5, 5.41) is 3.83. The summed E-state index contributed by atoms with van der Waals surface area (Å²) >= 11 is 0. The summed E-state index contributed by atoms with van der Waals surface area (Å²) in [6.45, 7) is 8.65. The molecule has 5 heteroatoms. The number of amides is 1. The summed E-state index contributed by atoms with van der Waals surface area (Å²) in [5.74, 6) is 0.279. The Hall–Kier alpha value is -2.14. The molecule has 0 saturated carbocycles. The zero-order valence-electron chi connectivity index (χ0n) is 14.6. The van der Waals surface area contributed by atoms with Gasteiger partial charge in [0.1, 0.15) is 0 Å². The molecule has 128 valence electrons. The standard InChI is InChI=1S/C19H25N3O2/c1-4-22(19(23)18-12-14(2)20-24-18)17-10-11-21(13-17)15(3)16-8-6-5-7-9-16/h5-9,12,15,17H,4,10-11,13H2,1-3H3/t15-,17+/m1/s1. The lowest BCUT2D eigenvalue weighted by molar-refractivity contribution is 0.0647. The Morgan fingerprint density at radius 3 is 2.79 bits per heavy atom. The lowest BCUT2D eigenvalue weighted by Crippen LogP contribution is -2.42. The molecule has 1 fully saturated rings. The molecule has 24 heavy (non-hydrogen) atoms. The highest BCUT2D eigenvalue weighted by Crippen LogP contribution is 2.27. The average molecular weight is 327 g/mol. The van der Waals surface area contributed by atoms with Crippen LogP contribution in [0.2, 0.25) is 0 Å². The number of nitrogens with zero attached hydrogens (tertiary/aromatic N) is 3. The van der Waals surface area contributed by atoms with E-state index >= 15 is 0 Å². The van der Waals surface area contributed by atoms with Gasteiger partial charge in [-0.1, -0.05) is 35.5 Å². The van der Waals surface area contributed by atoms with Crippen LogP contribution < -0.4 is 0 Å². The van der Waals surface area contributed by atoms with Crippen LogP contribution in [-0.4, -0.2) is 46.5 Å². The molecular formula is C19H25N3O2. The monoisotopic (exact) mass is 327 g/mol. The zero-order valence-corrected chi connectivity index (χ0v) is 14.6. The van der Waals surface area contributed by atoms with Crippen LogP contribution in [0.15, 0.2) is 40.9 Å². The number of aromatic nitrogens is 1. The number of aryl methyl sites for hydroxylation is 1. The molecule has 1 aliphatic rings. The molecule has 1 aromatic heterocycles. The molecular weight excluding hydrogens is 302 g/mol. The smallest absolute Gasteiger partial charge is 0.292 e. The molecule has 0 bridgehead atoms. The third kappa shape index (κ3) is 3.36. The maximum Gasteiger partial charge on any atom is 0.292 e. The van der Waals surface area contributed by atoms with Crippen LogP contribution in [0.1, 0.15) is 48.1 Å². The molecule has 0 spiro atoms. The highest BCUT2D eigenvalue weighted by atomic mass is 16.5. The number of carbonyl (C=O) groups excluding carboxylic acids is 1. The second-order valence-corrected chi connectivity index (χ2v) is 6.45. The summed E-state index contributed by atoms with van der Waals surface area (Å²) < 4.78 is 5.16. The summed E-state index contributed by atoms with van der Waals surface area (Å²) in [4.78, 5) is 17.1. The number of carbonyl (C=O) groups is 1. The fourth-order valence-corrected chi connectivity index (χ4v) is 3.49. The van der Waals surface area contributed by atoms with Crippen LogP contribution in [0, 0.1) is 6.92 Å². The summed E-state index contributed by atoms with van der Waals surface area (Å²) in [6, 6.07) is 12.8. The number of benzene rings is 1. The number of likely N-dealkylation sites (tertiary alicyclic amines) is 1. The van der Waals surface area contributed by atoms with Crippen LogP contribution in [0.25, 0.3) is 0 Å². The molecule has 1 aromatic carbocycles. The Kier molecular flexibility index (Phi) is 5.00. The molecule has 0 aliphatic carbocycles. The van der Waals surface area contributed by atoms with Gasteiger partial charge in [-0.15, -0.1) is 0 Å². The summed E-state index contributed by atoms with van der Waals surface area (Å²) in [7, 11) is 0. The van der Waals surface area contributed by atoms with Gasteiger partial charge in [0.25, 0.3) is 5.91 Å². The van der Waals surface area contributed by atoms with Crippen LogP contribution in [0.5, 0.6) is 0 Å². The second kappa shape index (κ2) is 7.18. The summed E-state index contributed by atoms with van der Waals surface area (Å²) in [6.07, 6.45) is 0.990. The third-order valence-corrected chi connectivity index (χ3v) is 4.91. The lowest BCUT2D eigenvalue weighted by Gasteiger charge is -2.29. The topological polar surface area (TPSA) is 49.6 Å². The Morgan fingerprint density at radius 2 is 2.17 bits per heavy atom. The Balaban J connectivity index is 1.68. The van der Waals surface area contributed by atoms with Crippen LogP contribution in [0.4, 0.5) is 0 Å². The van der Waals surface area contributed by atoms with Gasteiger partial charge in [0, 0.05) is 37.8 Å². The van der Waals surface area contributed by atoms with Gasteiger partial charge >= 0.3 is 0 Å². The fraction of sp³-hybridized carbons (Fsp3) is 0.474. The van der Waals surface area contributed by atoms with E-state index in [-0.39, 0.29) is 11.9 Å². The SMILES string of the molecule is CCN(C(=O)c1cc(C)no1)[C@H]1CCN([C@H](C)c2ccccc2)C1. The second-order valence-electron chi connectivity index (χ2n) is 6.45. The van der Waals surface area contributed by atoms with Crippen LogP contribution in [-0.2, 0) is 0 Å². The molecule has 1 aliphatic heterocycles. The van der Waals surface area contributed by atoms with E-state index in [0.29, 0.717) is 18.3 Å². The van der Waals surface area contributed by atoms with Crippen LogP contribution in [0.3, 0.4) is 0 Å². The molecule has 1 saturated heterocycles. The largest absolute Gasteiger partial charge is 0.351 e. The first-order valence-corrected chi connectivity index (χ1v) is 8.63. The van der Waals surface area contributed by atoms with Crippen molar-refractivity contribution in [1.29, 1.82) is 0 Å². The number of rotatable bonds is 5. The van der Waals surface area contributed by atoms with E-state index in [2.05, 4.69) is 41.2 Å². The van der Waals surface area contributed by atoms with Gasteiger partial charge in [-0.05, 0) is 32.8 Å². The zero-order chi connectivity index (χ0) is 17.1. The lowest BCUT2D eigenvalue weighted by atomic mass is 10.1. The van der Waals surface area contributed by atoms with E-state index in [9.17, 15) is 4.79 Å². The molecule has 2 aromatic rings. The molecule has 0 radical (unpaired) electrons. The molecule has 0 N–H and O–H groups in total. The van der Waals surface area contributed by atoms with E-state index in [1.807, 2.05) is 24.8 Å². The average Bonchev–Trinajstić information content (AvgIpc) is 3.25. The van der Waals surface area contributed by atoms with Crippen molar-refractivity contribution in [3.63, 3.8) is 0 Å².